The van der Waals surface area contributed by atoms with E-state index >= 15 is 0 Å². The minimum absolute atomic E-state index is 0.00572. The highest BCUT2D eigenvalue weighted by Crippen LogP contribution is 2.52. The third kappa shape index (κ3) is 5.67. The van der Waals surface area contributed by atoms with Gasteiger partial charge >= 0.3 is 0 Å². The van der Waals surface area contributed by atoms with E-state index in [0.29, 0.717) is 0 Å². The van der Waals surface area contributed by atoms with Crippen LogP contribution in [0.3, 0.4) is 0 Å². The summed E-state index contributed by atoms with van der Waals surface area (Å²) in [5.41, 5.74) is 9.38. The van der Waals surface area contributed by atoms with Crippen molar-refractivity contribution in [3.63, 3.8) is 0 Å². The van der Waals surface area contributed by atoms with Gasteiger partial charge in [0.2, 0.25) is 0 Å². The molecule has 2 aromatic rings. The first-order valence-corrected chi connectivity index (χ1v) is 17.2. The quantitative estimate of drug-likeness (QED) is 0.387. The van der Waals surface area contributed by atoms with Crippen LogP contribution in [0, 0.1) is 12.3 Å². The van der Waals surface area contributed by atoms with E-state index in [1.54, 1.807) is 0 Å². The maximum Gasteiger partial charge on any atom is 0.192 e. The summed E-state index contributed by atoms with van der Waals surface area (Å²) in [6, 6.07) is 8.34. The van der Waals surface area contributed by atoms with Crippen molar-refractivity contribution in [2.45, 2.75) is 124 Å². The zero-order valence-corrected chi connectivity index (χ0v) is 26.0. The smallest absolute Gasteiger partial charge is 0.192 e. The summed E-state index contributed by atoms with van der Waals surface area (Å²) in [7, 11) is -2.05. The lowest BCUT2D eigenvalue weighted by atomic mass is 9.71. The Morgan fingerprint density at radius 2 is 1.76 bits per heavy atom. The highest BCUT2D eigenvalue weighted by Gasteiger charge is 2.45. The Bertz CT molecular complexity index is 1170. The molecular formula is C33H49NO2Si. The Morgan fingerprint density at radius 3 is 2.30 bits per heavy atom. The van der Waals surface area contributed by atoms with Crippen LogP contribution >= 0.6 is 0 Å². The Hall–Kier alpha value is -1.75. The second-order valence-electron chi connectivity index (χ2n) is 14.1. The van der Waals surface area contributed by atoms with Crippen molar-refractivity contribution in [2.75, 3.05) is 0 Å². The van der Waals surface area contributed by atoms with E-state index in [1.807, 2.05) is 0 Å². The molecule has 0 bridgehead atoms. The summed E-state index contributed by atoms with van der Waals surface area (Å²) in [6.45, 7) is 22.9. The number of allylic oxidation sites excluding steroid dienone is 2. The fourth-order valence-corrected chi connectivity index (χ4v) is 7.07. The minimum atomic E-state index is -2.05. The van der Waals surface area contributed by atoms with Crippen molar-refractivity contribution >= 4 is 13.9 Å². The fourth-order valence-electron chi connectivity index (χ4n) is 5.80. The SMILES string of the molecule is Cc1ccc([C@H](O)c2c(C(C)C)nc3c(c2C2=CCCC2)C(O[Si](C)(C)C(C)(C)C)CC(C)(C)C3)cc1. The fraction of sp³-hybridized carbons (Fsp3) is 0.606. The topological polar surface area (TPSA) is 42.4 Å². The number of aliphatic hydroxyl groups is 1. The first kappa shape index (κ1) is 28.3. The predicted molar refractivity (Wildman–Crippen MR) is 159 cm³/mol. The predicted octanol–water partition coefficient (Wildman–Crippen LogP) is 9.20. The third-order valence-corrected chi connectivity index (χ3v) is 13.4. The number of hydrogen-bond donors (Lipinski definition) is 1. The summed E-state index contributed by atoms with van der Waals surface area (Å²) < 4.78 is 7.25. The van der Waals surface area contributed by atoms with Gasteiger partial charge in [0, 0.05) is 22.5 Å². The van der Waals surface area contributed by atoms with E-state index in [1.165, 1.54) is 34.4 Å². The average molecular weight is 520 g/mol. The molecule has 0 aliphatic heterocycles. The molecule has 1 unspecified atom stereocenters. The van der Waals surface area contributed by atoms with Gasteiger partial charge in [-0.2, -0.15) is 0 Å². The van der Waals surface area contributed by atoms with Gasteiger partial charge in [-0.15, -0.1) is 0 Å². The number of fused-ring (bicyclic) bond motifs is 1. The number of nitrogens with zero attached hydrogens (tertiary/aromatic N) is 1. The molecule has 1 N–H and O–H groups in total. The van der Waals surface area contributed by atoms with Crippen LogP contribution < -0.4 is 0 Å². The second kappa shape index (κ2) is 10.1. The number of rotatable bonds is 6. The number of aliphatic hydroxyl groups excluding tert-OH is 1. The first-order chi connectivity index (χ1) is 17.1. The van der Waals surface area contributed by atoms with Crippen molar-refractivity contribution < 1.29 is 9.53 Å². The Morgan fingerprint density at radius 1 is 1.11 bits per heavy atom. The summed E-state index contributed by atoms with van der Waals surface area (Å²) >= 11 is 0. The van der Waals surface area contributed by atoms with E-state index in [-0.39, 0.29) is 22.5 Å². The molecule has 0 saturated heterocycles. The van der Waals surface area contributed by atoms with Gasteiger partial charge in [-0.3, -0.25) is 4.98 Å². The molecular weight excluding hydrogens is 470 g/mol. The third-order valence-electron chi connectivity index (χ3n) is 8.91. The number of pyridine rings is 1. The molecule has 1 aromatic carbocycles. The van der Waals surface area contributed by atoms with Gasteiger partial charge in [-0.05, 0) is 85.2 Å². The molecule has 2 aliphatic rings. The van der Waals surface area contributed by atoms with Gasteiger partial charge in [0.05, 0.1) is 6.10 Å². The van der Waals surface area contributed by atoms with Crippen molar-refractivity contribution in [1.29, 1.82) is 0 Å². The average Bonchev–Trinajstić information content (AvgIpc) is 3.30. The molecule has 0 saturated carbocycles. The Kier molecular flexibility index (Phi) is 7.71. The monoisotopic (exact) mass is 519 g/mol. The van der Waals surface area contributed by atoms with E-state index in [9.17, 15) is 5.11 Å². The number of aromatic nitrogens is 1. The largest absolute Gasteiger partial charge is 0.410 e. The maximum absolute atomic E-state index is 12.0. The molecule has 0 radical (unpaired) electrons. The molecule has 3 nitrogen and oxygen atoms in total. The van der Waals surface area contributed by atoms with Crippen molar-refractivity contribution in [3.05, 3.63) is 69.5 Å². The molecule has 0 spiro atoms. The van der Waals surface area contributed by atoms with Crippen LogP contribution in [-0.2, 0) is 10.8 Å². The molecule has 2 aliphatic carbocycles. The number of hydrogen-bond acceptors (Lipinski definition) is 3. The molecule has 0 amide bonds. The van der Waals surface area contributed by atoms with Crippen LogP contribution in [0.2, 0.25) is 18.1 Å². The highest BCUT2D eigenvalue weighted by atomic mass is 28.4. The molecule has 4 rings (SSSR count). The maximum atomic E-state index is 12.0. The second-order valence-corrected chi connectivity index (χ2v) is 18.9. The lowest BCUT2D eigenvalue weighted by Crippen LogP contribution is -2.44. The first-order valence-electron chi connectivity index (χ1n) is 14.3. The summed E-state index contributed by atoms with van der Waals surface area (Å²) in [5, 5.41) is 12.1. The summed E-state index contributed by atoms with van der Waals surface area (Å²) in [6.07, 6.45) is 6.94. The zero-order chi connectivity index (χ0) is 27.3. The molecule has 1 heterocycles. The standard InChI is InChI=1S/C33H49NO2Si/c1-21(2)30-29(31(35)24-17-15-22(3)16-18-24)27(23-13-11-12-14-23)28-25(34-30)19-33(7,8)20-26(28)36-37(9,10)32(4,5)6/h13,15-18,21,26,31,35H,11-12,14,19-20H2,1-10H3/t26?,31-/m0/s1. The normalized spacial score (nSPS) is 20.6. The van der Waals surface area contributed by atoms with Crippen molar-refractivity contribution in [3.8, 4) is 0 Å². The molecule has 0 fully saturated rings. The van der Waals surface area contributed by atoms with Gasteiger partial charge in [0.25, 0.3) is 0 Å². The van der Waals surface area contributed by atoms with Gasteiger partial charge in [-0.25, -0.2) is 0 Å². The van der Waals surface area contributed by atoms with E-state index in [4.69, 9.17) is 9.41 Å². The van der Waals surface area contributed by atoms with Gasteiger partial charge in [0.15, 0.2) is 8.32 Å². The Balaban J connectivity index is 2.02. The van der Waals surface area contributed by atoms with Gasteiger partial charge in [-0.1, -0.05) is 84.4 Å². The van der Waals surface area contributed by atoms with Crippen LogP contribution in [0.4, 0.5) is 0 Å². The van der Waals surface area contributed by atoms with Crippen LogP contribution in [-0.4, -0.2) is 18.4 Å². The molecule has 1 aromatic heterocycles. The molecule has 37 heavy (non-hydrogen) atoms. The van der Waals surface area contributed by atoms with E-state index < -0.39 is 14.4 Å². The van der Waals surface area contributed by atoms with Crippen molar-refractivity contribution in [2.24, 2.45) is 5.41 Å². The van der Waals surface area contributed by atoms with Crippen LogP contribution in [0.25, 0.3) is 5.57 Å². The van der Waals surface area contributed by atoms with Crippen LogP contribution in [0.15, 0.2) is 30.3 Å². The lowest BCUT2D eigenvalue weighted by Gasteiger charge is -2.45. The molecule has 202 valence electrons. The van der Waals surface area contributed by atoms with Crippen LogP contribution in [0.1, 0.15) is 131 Å². The summed E-state index contributed by atoms with van der Waals surface area (Å²) in [4.78, 5) is 5.40. The van der Waals surface area contributed by atoms with E-state index in [0.717, 1.165) is 42.5 Å². The van der Waals surface area contributed by atoms with Gasteiger partial charge < -0.3 is 9.53 Å². The van der Waals surface area contributed by atoms with Crippen LogP contribution in [0.5, 0.6) is 0 Å². The Labute approximate surface area is 226 Å². The molecule has 4 heteroatoms. The zero-order valence-electron chi connectivity index (χ0n) is 25.0. The minimum Gasteiger partial charge on any atom is -0.410 e. The number of aryl methyl sites for hydroxylation is 1. The molecule has 2 atom stereocenters. The van der Waals surface area contributed by atoms with Gasteiger partial charge in [0.1, 0.15) is 6.10 Å². The summed E-state index contributed by atoms with van der Waals surface area (Å²) in [5.74, 6) is 0.214. The highest BCUT2D eigenvalue weighted by molar-refractivity contribution is 6.74. The number of benzene rings is 1. The van der Waals surface area contributed by atoms with Crippen molar-refractivity contribution in [1.82, 2.24) is 4.98 Å². The lowest BCUT2D eigenvalue weighted by molar-refractivity contribution is 0.105. The van der Waals surface area contributed by atoms with E-state index in [2.05, 4.69) is 98.8 Å².